The molecule has 0 radical (unpaired) electrons. The Morgan fingerprint density at radius 3 is 2.36 bits per heavy atom. The van der Waals surface area contributed by atoms with Gasteiger partial charge in [-0.2, -0.15) is 0 Å². The van der Waals surface area contributed by atoms with Gasteiger partial charge in [-0.05, 0) is 20.8 Å². The van der Waals surface area contributed by atoms with E-state index in [1.165, 1.54) is 0 Å². The smallest absolute Gasteiger partial charge is 0.427 e. The molecule has 5 heteroatoms. The van der Waals surface area contributed by atoms with E-state index in [0.717, 1.165) is 6.08 Å². The van der Waals surface area contributed by atoms with Gasteiger partial charge in [0, 0.05) is 5.16 Å². The minimum absolute atomic E-state index is 0.643. The lowest BCUT2D eigenvalue weighted by atomic mass is 10.2. The predicted octanol–water partition coefficient (Wildman–Crippen LogP) is 1.19. The molecule has 0 atom stereocenters. The van der Waals surface area contributed by atoms with E-state index < -0.39 is 11.8 Å². The van der Waals surface area contributed by atoms with Gasteiger partial charge in [0.15, 0.2) is 0 Å². The topological polar surface area (TPSA) is 65.0 Å². The van der Waals surface area contributed by atoms with Crippen LogP contribution in [0.25, 0.3) is 0 Å². The second-order valence-electron chi connectivity index (χ2n) is 2.74. The van der Waals surface area contributed by atoms with Crippen molar-refractivity contribution in [2.75, 3.05) is 0 Å². The first-order valence-electron chi connectivity index (χ1n) is 2.93. The Hall–Kier alpha value is -1.35. The van der Waals surface area contributed by atoms with Crippen LogP contribution in [-0.2, 0) is 14.4 Å². The zero-order valence-corrected chi connectivity index (χ0v) is 6.58. The van der Waals surface area contributed by atoms with Crippen LogP contribution in [0.15, 0.2) is 5.16 Å². The third kappa shape index (κ3) is 6.54. The molecule has 0 aliphatic rings. The first-order chi connectivity index (χ1) is 4.95. The summed E-state index contributed by atoms with van der Waals surface area (Å²) in [6, 6.07) is 0. The SMILES string of the molecule is CC(C)(C)OC(=O)ON=C=O. The molecule has 0 aromatic rings. The number of nitrogens with zero attached hydrogens (tertiary/aromatic N) is 1. The van der Waals surface area contributed by atoms with Crippen molar-refractivity contribution in [3.05, 3.63) is 0 Å². The Bertz CT molecular complexity index is 187. The monoisotopic (exact) mass is 159 g/mol. The molecule has 0 saturated carbocycles. The Morgan fingerprint density at radius 1 is 1.45 bits per heavy atom. The van der Waals surface area contributed by atoms with Gasteiger partial charge in [-0.15, -0.1) is 0 Å². The van der Waals surface area contributed by atoms with E-state index in [9.17, 15) is 9.59 Å². The number of rotatable bonds is 1. The van der Waals surface area contributed by atoms with Gasteiger partial charge in [0.1, 0.15) is 5.60 Å². The molecule has 0 unspecified atom stereocenters. The first-order valence-corrected chi connectivity index (χ1v) is 2.93. The van der Waals surface area contributed by atoms with Gasteiger partial charge in [0.2, 0.25) is 0 Å². The number of ether oxygens (including phenoxy) is 1. The molecule has 0 aliphatic heterocycles. The quantitative estimate of drug-likeness (QED) is 0.189. The highest BCUT2D eigenvalue weighted by molar-refractivity contribution is 5.60. The second kappa shape index (κ2) is 3.73. The molecular weight excluding hydrogens is 150 g/mol. The third-order valence-electron chi connectivity index (χ3n) is 0.547. The summed E-state index contributed by atoms with van der Waals surface area (Å²) in [6.45, 7) is 5.00. The Balaban J connectivity index is 3.79. The predicted molar refractivity (Wildman–Crippen MR) is 35.4 cm³/mol. The van der Waals surface area contributed by atoms with Crippen LogP contribution >= 0.6 is 0 Å². The molecule has 62 valence electrons. The van der Waals surface area contributed by atoms with Crippen LogP contribution in [0.4, 0.5) is 4.79 Å². The zero-order chi connectivity index (χ0) is 8.91. The molecular formula is C6H9NO4. The minimum atomic E-state index is -1.01. The second-order valence-corrected chi connectivity index (χ2v) is 2.74. The summed E-state index contributed by atoms with van der Waals surface area (Å²) in [5.41, 5.74) is -0.643. The van der Waals surface area contributed by atoms with Crippen LogP contribution in [0.5, 0.6) is 0 Å². The number of hydrogen-bond donors (Lipinski definition) is 0. The lowest BCUT2D eigenvalue weighted by Crippen LogP contribution is -2.23. The minimum Gasteiger partial charge on any atom is -0.427 e. The van der Waals surface area contributed by atoms with Gasteiger partial charge in [0.25, 0.3) is 6.08 Å². The van der Waals surface area contributed by atoms with E-state index in [2.05, 4.69) is 14.7 Å². The highest BCUT2D eigenvalue weighted by atomic mass is 16.8. The molecule has 0 aromatic carbocycles. The number of isocyanates is 1. The van der Waals surface area contributed by atoms with Gasteiger partial charge >= 0.3 is 6.16 Å². The van der Waals surface area contributed by atoms with Gasteiger partial charge in [0.05, 0.1) is 0 Å². The maximum absolute atomic E-state index is 10.5. The summed E-state index contributed by atoms with van der Waals surface area (Å²) < 4.78 is 4.61. The van der Waals surface area contributed by atoms with Crippen molar-refractivity contribution >= 4 is 12.2 Å². The average Bonchev–Trinajstić information content (AvgIpc) is 1.79. The largest absolute Gasteiger partial charge is 0.536 e. The van der Waals surface area contributed by atoms with E-state index in [1.807, 2.05) is 0 Å². The third-order valence-corrected chi connectivity index (χ3v) is 0.547. The van der Waals surface area contributed by atoms with Crippen molar-refractivity contribution in [1.29, 1.82) is 0 Å². The molecule has 11 heavy (non-hydrogen) atoms. The molecule has 0 saturated heterocycles. The molecule has 0 bridgehead atoms. The summed E-state index contributed by atoms with van der Waals surface area (Å²) in [7, 11) is 0. The molecule has 0 rings (SSSR count). The van der Waals surface area contributed by atoms with Gasteiger partial charge in [-0.25, -0.2) is 9.59 Å². The van der Waals surface area contributed by atoms with Crippen LogP contribution in [0.1, 0.15) is 20.8 Å². The van der Waals surface area contributed by atoms with Crippen LogP contribution in [0.3, 0.4) is 0 Å². The first kappa shape index (κ1) is 9.65. The lowest BCUT2D eigenvalue weighted by Gasteiger charge is -2.16. The molecule has 0 amide bonds. The standard InChI is InChI=1S/C6H9NO4/c1-6(2,3)10-5(9)11-7-4-8/h1-3H3. The summed E-state index contributed by atoms with van der Waals surface area (Å²) in [6.07, 6.45) is 0.0232. The van der Waals surface area contributed by atoms with Gasteiger partial charge in [-0.3, -0.25) is 4.84 Å². The summed E-state index contributed by atoms with van der Waals surface area (Å²) in [5, 5.41) is 2.58. The van der Waals surface area contributed by atoms with Gasteiger partial charge in [-0.1, -0.05) is 0 Å². The molecule has 0 fully saturated rings. The highest BCUT2D eigenvalue weighted by Gasteiger charge is 2.17. The molecule has 0 aromatic heterocycles. The molecule has 0 spiro atoms. The van der Waals surface area contributed by atoms with Crippen LogP contribution in [-0.4, -0.2) is 17.8 Å². The Kier molecular flexibility index (Phi) is 3.27. The Labute approximate surface area is 64.0 Å². The average molecular weight is 159 g/mol. The van der Waals surface area contributed by atoms with Crippen molar-refractivity contribution in [2.24, 2.45) is 5.16 Å². The summed E-state index contributed by atoms with van der Waals surface area (Å²) >= 11 is 0. The van der Waals surface area contributed by atoms with Crippen LogP contribution in [0, 0.1) is 0 Å². The molecule has 0 N–H and O–H groups in total. The van der Waals surface area contributed by atoms with Crippen molar-refractivity contribution in [1.82, 2.24) is 0 Å². The summed E-state index contributed by atoms with van der Waals surface area (Å²) in [5.74, 6) is 0. The number of carbonyl (C=O) groups excluding carboxylic acids is 2. The molecule has 0 heterocycles. The van der Waals surface area contributed by atoms with Crippen LogP contribution in [0.2, 0.25) is 0 Å². The van der Waals surface area contributed by atoms with Crippen molar-refractivity contribution in [2.45, 2.75) is 26.4 Å². The maximum Gasteiger partial charge on any atom is 0.536 e. The van der Waals surface area contributed by atoms with E-state index in [-0.39, 0.29) is 0 Å². The van der Waals surface area contributed by atoms with E-state index in [1.54, 1.807) is 20.8 Å². The molecule has 0 aliphatic carbocycles. The maximum atomic E-state index is 10.5. The van der Waals surface area contributed by atoms with Crippen molar-refractivity contribution in [3.63, 3.8) is 0 Å². The number of carbonyl (C=O) groups is 1. The summed E-state index contributed by atoms with van der Waals surface area (Å²) in [4.78, 5) is 23.9. The van der Waals surface area contributed by atoms with E-state index >= 15 is 0 Å². The Morgan fingerprint density at radius 2 is 2.00 bits per heavy atom. The zero-order valence-electron chi connectivity index (χ0n) is 6.58. The molecule has 5 nitrogen and oxygen atoms in total. The van der Waals surface area contributed by atoms with E-state index in [0.29, 0.717) is 0 Å². The van der Waals surface area contributed by atoms with Crippen LogP contribution < -0.4 is 0 Å². The highest BCUT2D eigenvalue weighted by Crippen LogP contribution is 2.07. The fourth-order valence-corrected chi connectivity index (χ4v) is 0.325. The van der Waals surface area contributed by atoms with Crippen molar-refractivity contribution < 1.29 is 19.2 Å². The fourth-order valence-electron chi connectivity index (χ4n) is 0.325. The van der Waals surface area contributed by atoms with E-state index in [4.69, 9.17) is 0 Å². The fraction of sp³-hybridized carbons (Fsp3) is 0.667. The normalized spacial score (nSPS) is 9.73. The van der Waals surface area contributed by atoms with Gasteiger partial charge < -0.3 is 4.74 Å². The lowest BCUT2D eigenvalue weighted by molar-refractivity contribution is -0.00622. The number of hydrogen-bond acceptors (Lipinski definition) is 5. The van der Waals surface area contributed by atoms with Crippen molar-refractivity contribution in [3.8, 4) is 0 Å².